The van der Waals surface area contributed by atoms with Gasteiger partial charge in [-0.05, 0) is 48.3 Å². The lowest BCUT2D eigenvalue weighted by Crippen LogP contribution is -2.41. The number of benzene rings is 1. The Morgan fingerprint density at radius 3 is 2.52 bits per heavy atom. The fourth-order valence-electron chi connectivity index (χ4n) is 2.28. The number of nitrogens with zero attached hydrogens (tertiary/aromatic N) is 1. The van der Waals surface area contributed by atoms with Crippen molar-refractivity contribution in [2.75, 3.05) is 6.61 Å². The molecule has 2 nitrogen and oxygen atoms in total. The van der Waals surface area contributed by atoms with Crippen molar-refractivity contribution in [1.29, 1.82) is 0 Å². The first-order chi connectivity index (χ1) is 9.62. The molecule has 21 heavy (non-hydrogen) atoms. The summed E-state index contributed by atoms with van der Waals surface area (Å²) < 4.78 is 9.63. The van der Waals surface area contributed by atoms with Gasteiger partial charge in [0.05, 0.1) is 0 Å². The normalized spacial score (nSPS) is 13.1. The van der Waals surface area contributed by atoms with Crippen LogP contribution < -0.4 is 0 Å². The van der Waals surface area contributed by atoms with Crippen LogP contribution in [0.4, 0.5) is 0 Å². The number of hydrogen-bond donors (Lipinski definition) is 0. The number of halogens is 1. The van der Waals surface area contributed by atoms with Crippen LogP contribution in [0.3, 0.4) is 0 Å². The third kappa shape index (κ3) is 3.61. The maximum absolute atomic E-state index is 6.30. The molecule has 0 unspecified atom stereocenters. The molecule has 0 saturated heterocycles. The molecule has 0 spiro atoms. The minimum atomic E-state index is -1.65. The number of hydrogen-bond acceptors (Lipinski definition) is 1. The third-order valence-electron chi connectivity index (χ3n) is 4.67. The second kappa shape index (κ2) is 5.90. The van der Waals surface area contributed by atoms with E-state index < -0.39 is 8.32 Å². The van der Waals surface area contributed by atoms with Gasteiger partial charge < -0.3 is 8.99 Å². The van der Waals surface area contributed by atoms with Gasteiger partial charge in [-0.1, -0.05) is 36.7 Å². The number of fused-ring (bicyclic) bond motifs is 1. The van der Waals surface area contributed by atoms with Gasteiger partial charge in [-0.15, -0.1) is 0 Å². The molecule has 116 valence electrons. The van der Waals surface area contributed by atoms with E-state index in [-0.39, 0.29) is 5.04 Å². The fourth-order valence-corrected chi connectivity index (χ4v) is 3.68. The minimum Gasteiger partial charge on any atom is -0.416 e. The Bertz CT molecular complexity index is 640. The van der Waals surface area contributed by atoms with Crippen molar-refractivity contribution in [3.8, 4) is 0 Å². The van der Waals surface area contributed by atoms with Gasteiger partial charge in [0, 0.05) is 35.2 Å². The van der Waals surface area contributed by atoms with Gasteiger partial charge in [0.25, 0.3) is 0 Å². The third-order valence-corrected chi connectivity index (χ3v) is 9.71. The molecule has 0 fully saturated rings. The highest BCUT2D eigenvalue weighted by Crippen LogP contribution is 2.36. The summed E-state index contributed by atoms with van der Waals surface area (Å²) in [4.78, 5) is 0. The van der Waals surface area contributed by atoms with Gasteiger partial charge in [-0.2, -0.15) is 0 Å². The SMILES string of the molecule is Cn1cc(CCO[Si](C)(C)C(C)(C)C)c2cc(Br)ccc21. The first-order valence-electron chi connectivity index (χ1n) is 7.49. The van der Waals surface area contributed by atoms with E-state index in [2.05, 4.69) is 85.8 Å². The van der Waals surface area contributed by atoms with E-state index in [1.54, 1.807) is 0 Å². The van der Waals surface area contributed by atoms with Crippen LogP contribution in [0.15, 0.2) is 28.9 Å². The first kappa shape index (κ1) is 16.8. The van der Waals surface area contributed by atoms with Crippen LogP contribution in [0, 0.1) is 0 Å². The molecule has 0 aliphatic heterocycles. The van der Waals surface area contributed by atoms with Crippen LogP contribution in [-0.2, 0) is 17.9 Å². The Kier molecular flexibility index (Phi) is 4.71. The monoisotopic (exact) mass is 367 g/mol. The van der Waals surface area contributed by atoms with Crippen LogP contribution in [0.2, 0.25) is 18.1 Å². The summed E-state index contributed by atoms with van der Waals surface area (Å²) in [5.41, 5.74) is 2.65. The number of rotatable bonds is 4. The summed E-state index contributed by atoms with van der Waals surface area (Å²) >= 11 is 3.57. The topological polar surface area (TPSA) is 14.2 Å². The average molecular weight is 368 g/mol. The molecule has 0 N–H and O–H groups in total. The Labute approximate surface area is 137 Å². The van der Waals surface area contributed by atoms with Gasteiger partial charge >= 0.3 is 0 Å². The van der Waals surface area contributed by atoms with Crippen molar-refractivity contribution in [1.82, 2.24) is 4.57 Å². The molecule has 1 aromatic carbocycles. The van der Waals surface area contributed by atoms with E-state index in [1.807, 2.05) is 0 Å². The summed E-state index contributed by atoms with van der Waals surface area (Å²) in [5.74, 6) is 0. The Morgan fingerprint density at radius 1 is 1.24 bits per heavy atom. The molecule has 0 aliphatic carbocycles. The van der Waals surface area contributed by atoms with Gasteiger partial charge in [-0.25, -0.2) is 0 Å². The van der Waals surface area contributed by atoms with Gasteiger partial charge in [0.15, 0.2) is 8.32 Å². The molecule has 0 bridgehead atoms. The molecule has 0 amide bonds. The highest BCUT2D eigenvalue weighted by atomic mass is 79.9. The van der Waals surface area contributed by atoms with Crippen molar-refractivity contribution in [3.63, 3.8) is 0 Å². The van der Waals surface area contributed by atoms with E-state index in [4.69, 9.17) is 4.43 Å². The zero-order chi connectivity index (χ0) is 15.8. The Morgan fingerprint density at radius 2 is 1.90 bits per heavy atom. The molecule has 2 rings (SSSR count). The quantitative estimate of drug-likeness (QED) is 0.650. The Balaban J connectivity index is 2.13. The zero-order valence-corrected chi connectivity index (χ0v) is 16.5. The van der Waals surface area contributed by atoms with Crippen molar-refractivity contribution in [2.24, 2.45) is 7.05 Å². The molecule has 0 atom stereocenters. The molecule has 0 saturated carbocycles. The molecule has 2 aromatic rings. The van der Waals surface area contributed by atoms with Crippen LogP contribution in [0.25, 0.3) is 10.9 Å². The van der Waals surface area contributed by atoms with Gasteiger partial charge in [0.1, 0.15) is 0 Å². The number of aromatic nitrogens is 1. The molecule has 1 heterocycles. The lowest BCUT2D eigenvalue weighted by Gasteiger charge is -2.36. The van der Waals surface area contributed by atoms with Crippen molar-refractivity contribution < 1.29 is 4.43 Å². The molecule has 1 aromatic heterocycles. The largest absolute Gasteiger partial charge is 0.416 e. The molecule has 0 radical (unpaired) electrons. The summed E-state index contributed by atoms with van der Waals surface area (Å²) in [6.45, 7) is 12.3. The maximum atomic E-state index is 6.30. The smallest absolute Gasteiger partial charge is 0.191 e. The van der Waals surface area contributed by atoms with Crippen molar-refractivity contribution >= 4 is 35.2 Å². The van der Waals surface area contributed by atoms with Crippen LogP contribution >= 0.6 is 15.9 Å². The van der Waals surface area contributed by atoms with E-state index in [0.717, 1.165) is 17.5 Å². The highest BCUT2D eigenvalue weighted by Gasteiger charge is 2.36. The van der Waals surface area contributed by atoms with E-state index >= 15 is 0 Å². The fraction of sp³-hybridized carbons (Fsp3) is 0.529. The maximum Gasteiger partial charge on any atom is 0.191 e. The predicted molar refractivity (Wildman–Crippen MR) is 97.5 cm³/mol. The predicted octanol–water partition coefficient (Wildman–Crippen LogP) is 5.51. The van der Waals surface area contributed by atoms with Crippen LogP contribution in [-0.4, -0.2) is 19.5 Å². The first-order valence-corrected chi connectivity index (χ1v) is 11.2. The van der Waals surface area contributed by atoms with Crippen molar-refractivity contribution in [2.45, 2.75) is 45.3 Å². The summed E-state index contributed by atoms with van der Waals surface area (Å²) in [6.07, 6.45) is 3.20. The zero-order valence-electron chi connectivity index (χ0n) is 14.0. The second-order valence-corrected chi connectivity index (χ2v) is 13.0. The molecule has 0 aliphatic rings. The summed E-state index contributed by atoms with van der Waals surface area (Å²) in [6, 6.07) is 6.47. The van der Waals surface area contributed by atoms with E-state index in [1.165, 1.54) is 16.5 Å². The van der Waals surface area contributed by atoms with Crippen LogP contribution in [0.5, 0.6) is 0 Å². The summed E-state index contributed by atoms with van der Waals surface area (Å²) in [7, 11) is 0.459. The molecule has 4 heteroatoms. The minimum absolute atomic E-state index is 0.273. The molecular formula is C17H26BrNOSi. The van der Waals surface area contributed by atoms with Gasteiger partial charge in [-0.3, -0.25) is 0 Å². The molecular weight excluding hydrogens is 342 g/mol. The van der Waals surface area contributed by atoms with Crippen LogP contribution in [0.1, 0.15) is 26.3 Å². The second-order valence-electron chi connectivity index (χ2n) is 7.29. The Hall–Kier alpha value is -0.583. The van der Waals surface area contributed by atoms with Crippen molar-refractivity contribution in [3.05, 3.63) is 34.4 Å². The number of aryl methyl sites for hydroxylation is 1. The lowest BCUT2D eigenvalue weighted by molar-refractivity contribution is 0.292. The lowest BCUT2D eigenvalue weighted by atomic mass is 10.1. The van der Waals surface area contributed by atoms with Gasteiger partial charge in [0.2, 0.25) is 0 Å². The highest BCUT2D eigenvalue weighted by molar-refractivity contribution is 9.10. The van der Waals surface area contributed by atoms with E-state index in [9.17, 15) is 0 Å². The average Bonchev–Trinajstić information content (AvgIpc) is 2.64. The van der Waals surface area contributed by atoms with E-state index in [0.29, 0.717) is 0 Å². The summed E-state index contributed by atoms with van der Waals surface area (Å²) in [5, 5.41) is 1.60. The standard InChI is InChI=1S/C17H26BrNOSi/c1-17(2,3)21(5,6)20-10-9-13-12-19(4)16-8-7-14(18)11-15(13)16/h7-8,11-12H,9-10H2,1-6H3.